The zero-order valence-corrected chi connectivity index (χ0v) is 11.5. The minimum absolute atomic E-state index is 0.207. The summed E-state index contributed by atoms with van der Waals surface area (Å²) < 4.78 is 0. The van der Waals surface area contributed by atoms with Crippen molar-refractivity contribution in [2.75, 3.05) is 0 Å². The molecule has 1 aromatic carbocycles. The molecule has 2 saturated carbocycles. The Balaban J connectivity index is 1.85. The summed E-state index contributed by atoms with van der Waals surface area (Å²) in [5, 5.41) is 10.7. The molecule has 98 valence electrons. The smallest absolute Gasteiger partial charge is 0.0826 e. The minimum Gasteiger partial charge on any atom is -0.388 e. The first-order valence-corrected chi connectivity index (χ1v) is 7.56. The van der Waals surface area contributed by atoms with Crippen molar-refractivity contribution in [1.82, 2.24) is 0 Å². The van der Waals surface area contributed by atoms with Crippen LogP contribution in [0.5, 0.6) is 0 Å². The zero-order chi connectivity index (χ0) is 12.7. The maximum absolute atomic E-state index is 10.7. The van der Waals surface area contributed by atoms with E-state index in [9.17, 15) is 5.11 Å². The second-order valence-electron chi connectivity index (χ2n) is 6.02. The predicted molar refractivity (Wildman–Crippen MR) is 74.5 cm³/mol. The minimum atomic E-state index is -0.207. The van der Waals surface area contributed by atoms with Gasteiger partial charge in [-0.05, 0) is 60.1 Å². The van der Waals surface area contributed by atoms with Crippen molar-refractivity contribution in [2.45, 2.75) is 52.1 Å². The molecule has 3 atom stereocenters. The van der Waals surface area contributed by atoms with Gasteiger partial charge in [-0.1, -0.05) is 38.5 Å². The third-order valence-corrected chi connectivity index (χ3v) is 5.16. The van der Waals surface area contributed by atoms with Crippen molar-refractivity contribution < 1.29 is 5.11 Å². The molecule has 18 heavy (non-hydrogen) atoms. The largest absolute Gasteiger partial charge is 0.388 e. The first-order valence-electron chi connectivity index (χ1n) is 7.56. The number of rotatable bonds is 4. The summed E-state index contributed by atoms with van der Waals surface area (Å²) in [6, 6.07) is 6.68. The van der Waals surface area contributed by atoms with E-state index < -0.39 is 0 Å². The van der Waals surface area contributed by atoms with E-state index in [1.807, 2.05) is 0 Å². The summed E-state index contributed by atoms with van der Waals surface area (Å²) in [5.74, 6) is 2.22. The summed E-state index contributed by atoms with van der Waals surface area (Å²) in [5.41, 5.74) is 3.91. The van der Waals surface area contributed by atoms with Gasteiger partial charge in [-0.2, -0.15) is 0 Å². The first-order chi connectivity index (χ1) is 8.76. The van der Waals surface area contributed by atoms with E-state index in [-0.39, 0.29) is 6.10 Å². The molecule has 1 aromatic rings. The van der Waals surface area contributed by atoms with Crippen molar-refractivity contribution in [1.29, 1.82) is 0 Å². The molecule has 0 aromatic heterocycles. The molecular formula is C17H24O. The van der Waals surface area contributed by atoms with Crippen LogP contribution in [0, 0.1) is 17.8 Å². The Bertz CT molecular complexity index is 427. The molecule has 2 aliphatic rings. The van der Waals surface area contributed by atoms with E-state index in [1.165, 1.54) is 36.0 Å². The molecule has 0 heterocycles. The van der Waals surface area contributed by atoms with Crippen LogP contribution in [0.25, 0.3) is 0 Å². The lowest BCUT2D eigenvalue weighted by atomic mass is 9.92. The van der Waals surface area contributed by atoms with E-state index in [2.05, 4.69) is 32.0 Å². The Labute approximate surface area is 110 Å². The van der Waals surface area contributed by atoms with Gasteiger partial charge >= 0.3 is 0 Å². The van der Waals surface area contributed by atoms with Crippen LogP contribution in [0.4, 0.5) is 0 Å². The fourth-order valence-electron chi connectivity index (χ4n) is 4.01. The van der Waals surface area contributed by atoms with Crippen LogP contribution < -0.4 is 0 Å². The normalized spacial score (nSPS) is 31.2. The fourth-order valence-corrected chi connectivity index (χ4v) is 4.01. The Kier molecular flexibility index (Phi) is 3.19. The maximum Gasteiger partial charge on any atom is 0.0826 e. The Morgan fingerprint density at radius 1 is 1.17 bits per heavy atom. The molecule has 0 amide bonds. The average molecular weight is 244 g/mol. The van der Waals surface area contributed by atoms with Gasteiger partial charge in [-0.3, -0.25) is 0 Å². The van der Waals surface area contributed by atoms with Gasteiger partial charge < -0.3 is 5.11 Å². The van der Waals surface area contributed by atoms with Gasteiger partial charge in [0.15, 0.2) is 0 Å². The molecule has 0 radical (unpaired) electrons. The van der Waals surface area contributed by atoms with E-state index in [0.29, 0.717) is 5.92 Å². The van der Waals surface area contributed by atoms with E-state index in [1.54, 1.807) is 0 Å². The highest BCUT2D eigenvalue weighted by atomic mass is 16.3. The monoisotopic (exact) mass is 244 g/mol. The zero-order valence-electron chi connectivity index (χ0n) is 11.5. The molecule has 2 fully saturated rings. The number of hydrogen-bond donors (Lipinski definition) is 1. The molecule has 0 aliphatic heterocycles. The quantitative estimate of drug-likeness (QED) is 0.852. The molecule has 3 rings (SSSR count). The summed E-state index contributed by atoms with van der Waals surface area (Å²) >= 11 is 0. The van der Waals surface area contributed by atoms with Crippen molar-refractivity contribution in [3.05, 3.63) is 34.9 Å². The average Bonchev–Trinajstić information content (AvgIpc) is 2.89. The highest BCUT2D eigenvalue weighted by Crippen LogP contribution is 2.62. The number of fused-ring (bicyclic) bond motifs is 1. The molecule has 0 saturated heterocycles. The van der Waals surface area contributed by atoms with Crippen LogP contribution in [-0.2, 0) is 12.8 Å². The molecule has 2 aliphatic carbocycles. The highest BCUT2D eigenvalue weighted by molar-refractivity contribution is 5.35. The van der Waals surface area contributed by atoms with Crippen molar-refractivity contribution >= 4 is 0 Å². The lowest BCUT2D eigenvalue weighted by Gasteiger charge is -2.18. The molecule has 1 N–H and O–H groups in total. The number of benzene rings is 1. The van der Waals surface area contributed by atoms with Crippen molar-refractivity contribution in [2.24, 2.45) is 17.8 Å². The fraction of sp³-hybridized carbons (Fsp3) is 0.647. The lowest BCUT2D eigenvalue weighted by molar-refractivity contribution is 0.136. The van der Waals surface area contributed by atoms with Gasteiger partial charge in [0.1, 0.15) is 0 Å². The van der Waals surface area contributed by atoms with Gasteiger partial charge in [0.2, 0.25) is 0 Å². The third kappa shape index (κ3) is 1.89. The summed E-state index contributed by atoms with van der Waals surface area (Å²) in [6.07, 6.45) is 5.96. The molecule has 1 heteroatoms. The summed E-state index contributed by atoms with van der Waals surface area (Å²) in [6.45, 7) is 4.37. The third-order valence-electron chi connectivity index (χ3n) is 5.16. The number of aryl methyl sites for hydroxylation is 2. The molecule has 3 unspecified atom stereocenters. The van der Waals surface area contributed by atoms with Crippen LogP contribution >= 0.6 is 0 Å². The van der Waals surface area contributed by atoms with Crippen LogP contribution in [0.15, 0.2) is 18.2 Å². The Hall–Kier alpha value is -0.820. The van der Waals surface area contributed by atoms with Crippen LogP contribution in [0.2, 0.25) is 0 Å². The van der Waals surface area contributed by atoms with E-state index >= 15 is 0 Å². The predicted octanol–water partition coefficient (Wildman–Crippen LogP) is 3.89. The van der Waals surface area contributed by atoms with Gasteiger partial charge in [0.25, 0.3) is 0 Å². The second kappa shape index (κ2) is 4.70. The molecule has 0 spiro atoms. The molecule has 0 bridgehead atoms. The van der Waals surface area contributed by atoms with E-state index in [4.69, 9.17) is 0 Å². The van der Waals surface area contributed by atoms with Crippen molar-refractivity contribution in [3.8, 4) is 0 Å². The second-order valence-corrected chi connectivity index (χ2v) is 6.02. The maximum atomic E-state index is 10.7. The highest BCUT2D eigenvalue weighted by Gasteiger charge is 2.56. The topological polar surface area (TPSA) is 20.2 Å². The van der Waals surface area contributed by atoms with Gasteiger partial charge in [-0.15, -0.1) is 0 Å². The van der Waals surface area contributed by atoms with Gasteiger partial charge in [0.05, 0.1) is 6.10 Å². The SMILES string of the molecule is CCc1ccc(CC)c(C(O)C2C3CCCC32)c1. The van der Waals surface area contributed by atoms with Crippen LogP contribution in [0.3, 0.4) is 0 Å². The first kappa shape index (κ1) is 12.2. The standard InChI is InChI=1S/C17H24O/c1-3-11-8-9-12(4-2)15(10-11)17(18)16-13-6-5-7-14(13)16/h8-10,13-14,16-18H,3-7H2,1-2H3. The van der Waals surface area contributed by atoms with Gasteiger partial charge in [0, 0.05) is 0 Å². The Morgan fingerprint density at radius 3 is 2.50 bits per heavy atom. The van der Waals surface area contributed by atoms with E-state index in [0.717, 1.165) is 24.7 Å². The van der Waals surface area contributed by atoms with Crippen LogP contribution in [0.1, 0.15) is 55.9 Å². The number of hydrogen-bond acceptors (Lipinski definition) is 1. The summed E-state index contributed by atoms with van der Waals surface area (Å²) in [4.78, 5) is 0. The Morgan fingerprint density at radius 2 is 1.89 bits per heavy atom. The van der Waals surface area contributed by atoms with Crippen molar-refractivity contribution in [3.63, 3.8) is 0 Å². The molecular weight excluding hydrogens is 220 g/mol. The van der Waals surface area contributed by atoms with Gasteiger partial charge in [-0.25, -0.2) is 0 Å². The molecule has 1 nitrogen and oxygen atoms in total. The number of aliphatic hydroxyl groups excluding tert-OH is 1. The van der Waals surface area contributed by atoms with Crippen LogP contribution in [-0.4, -0.2) is 5.11 Å². The number of aliphatic hydroxyl groups is 1. The summed E-state index contributed by atoms with van der Waals surface area (Å²) in [7, 11) is 0. The lowest BCUT2D eigenvalue weighted by Crippen LogP contribution is -2.08.